The molecule has 1 N–H and O–H groups in total. The van der Waals surface area contributed by atoms with Gasteiger partial charge in [0.05, 0.1) is 19.8 Å². The van der Waals surface area contributed by atoms with Gasteiger partial charge in [-0.3, -0.25) is 9.63 Å². The lowest BCUT2D eigenvalue weighted by Gasteiger charge is -2.53. The second-order valence-electron chi connectivity index (χ2n) is 16.4. The largest absolute Gasteiger partial charge is 0.462 e. The summed E-state index contributed by atoms with van der Waals surface area (Å²) in [5.74, 6) is -0.0840. The van der Waals surface area contributed by atoms with E-state index in [9.17, 15) is 9.90 Å². The molecule has 0 aromatic heterocycles. The Hall–Kier alpha value is -0.770. The maximum absolute atomic E-state index is 12.5. The van der Waals surface area contributed by atoms with Crippen molar-refractivity contribution in [3.05, 3.63) is 0 Å². The first-order valence-corrected chi connectivity index (χ1v) is 18.3. The summed E-state index contributed by atoms with van der Waals surface area (Å²) in [4.78, 5) is 24.5. The first-order valence-electron chi connectivity index (χ1n) is 18.3. The molecule has 2 saturated heterocycles. The standard InChI is InChI=1S/C37H72N2O6/c1-11-12-13-14-19-22-25-43-39-36(6,7)28-31(29-37(39,8)9)45-33(41)24-21-18-16-15-17-20-23-32(40)44-30-26-34(2,3)38(42-10)35(4,5)27-30/h30-31,33,41H,11-29H2,1-10H3. The predicted octanol–water partition coefficient (Wildman–Crippen LogP) is 8.88. The molecule has 1 atom stereocenters. The van der Waals surface area contributed by atoms with Gasteiger partial charge in [-0.05, 0) is 93.9 Å². The van der Waals surface area contributed by atoms with E-state index in [0.717, 1.165) is 77.2 Å². The van der Waals surface area contributed by atoms with Crippen LogP contribution in [0.25, 0.3) is 0 Å². The van der Waals surface area contributed by atoms with Gasteiger partial charge in [0.2, 0.25) is 0 Å². The molecule has 45 heavy (non-hydrogen) atoms. The summed E-state index contributed by atoms with van der Waals surface area (Å²) in [6, 6.07) is 0. The van der Waals surface area contributed by atoms with Gasteiger partial charge < -0.3 is 19.4 Å². The Morgan fingerprint density at radius 3 is 1.71 bits per heavy atom. The van der Waals surface area contributed by atoms with Crippen molar-refractivity contribution in [2.45, 2.75) is 219 Å². The molecular formula is C37H72N2O6. The topological polar surface area (TPSA) is 80.7 Å². The number of hydroxylamine groups is 4. The molecule has 0 aromatic carbocycles. The minimum atomic E-state index is -0.724. The van der Waals surface area contributed by atoms with Gasteiger partial charge in [-0.15, -0.1) is 0 Å². The lowest BCUT2D eigenvalue weighted by atomic mass is 9.80. The van der Waals surface area contributed by atoms with E-state index < -0.39 is 6.29 Å². The van der Waals surface area contributed by atoms with Crippen LogP contribution in [-0.2, 0) is 23.9 Å². The van der Waals surface area contributed by atoms with Crippen LogP contribution in [-0.4, -0.2) is 75.6 Å². The number of carbonyl (C=O) groups is 1. The van der Waals surface area contributed by atoms with Crippen LogP contribution >= 0.6 is 0 Å². The normalized spacial score (nSPS) is 22.8. The molecule has 2 heterocycles. The fourth-order valence-corrected chi connectivity index (χ4v) is 8.24. The zero-order valence-electron chi connectivity index (χ0n) is 31.0. The van der Waals surface area contributed by atoms with Crippen molar-refractivity contribution in [1.82, 2.24) is 10.1 Å². The Morgan fingerprint density at radius 1 is 0.689 bits per heavy atom. The highest BCUT2D eigenvalue weighted by Gasteiger charge is 2.48. The first-order chi connectivity index (χ1) is 21.0. The molecule has 0 saturated carbocycles. The van der Waals surface area contributed by atoms with Gasteiger partial charge in [0.1, 0.15) is 6.10 Å². The second kappa shape index (κ2) is 18.7. The third-order valence-corrected chi connectivity index (χ3v) is 9.74. The van der Waals surface area contributed by atoms with Crippen molar-refractivity contribution in [3.8, 4) is 0 Å². The van der Waals surface area contributed by atoms with Gasteiger partial charge >= 0.3 is 5.97 Å². The van der Waals surface area contributed by atoms with Crippen molar-refractivity contribution in [2.24, 2.45) is 0 Å². The highest BCUT2D eigenvalue weighted by Crippen LogP contribution is 2.41. The van der Waals surface area contributed by atoms with Gasteiger partial charge in [-0.25, -0.2) is 0 Å². The van der Waals surface area contributed by atoms with E-state index in [2.05, 4.69) is 67.4 Å². The van der Waals surface area contributed by atoms with Crippen LogP contribution in [0.5, 0.6) is 0 Å². The van der Waals surface area contributed by atoms with E-state index in [0.29, 0.717) is 12.8 Å². The Kier molecular flexibility index (Phi) is 16.8. The highest BCUT2D eigenvalue weighted by molar-refractivity contribution is 5.69. The van der Waals surface area contributed by atoms with Gasteiger partial charge in [0.15, 0.2) is 6.29 Å². The minimum absolute atomic E-state index is 0.0170. The third kappa shape index (κ3) is 13.7. The molecule has 0 aromatic rings. The average Bonchev–Trinajstić information content (AvgIpc) is 2.89. The minimum Gasteiger partial charge on any atom is -0.462 e. The zero-order chi connectivity index (χ0) is 33.7. The Bertz CT molecular complexity index is 809. The fraction of sp³-hybridized carbons (Fsp3) is 0.973. The van der Waals surface area contributed by atoms with Crippen LogP contribution < -0.4 is 0 Å². The molecule has 2 aliphatic heterocycles. The molecule has 1 unspecified atom stereocenters. The molecule has 8 nitrogen and oxygen atoms in total. The molecule has 266 valence electrons. The summed E-state index contributed by atoms with van der Waals surface area (Å²) in [5.41, 5.74) is -0.690. The van der Waals surface area contributed by atoms with E-state index >= 15 is 0 Å². The molecule has 2 fully saturated rings. The fourth-order valence-electron chi connectivity index (χ4n) is 8.24. The van der Waals surface area contributed by atoms with Crippen LogP contribution in [0.1, 0.15) is 178 Å². The lowest BCUT2D eigenvalue weighted by Crippen LogP contribution is -2.62. The maximum atomic E-state index is 12.5. The molecule has 0 aliphatic carbocycles. The highest BCUT2D eigenvalue weighted by atomic mass is 16.7. The molecule has 0 bridgehead atoms. The average molecular weight is 641 g/mol. The number of piperidine rings is 2. The third-order valence-electron chi connectivity index (χ3n) is 9.74. The zero-order valence-corrected chi connectivity index (χ0v) is 31.0. The summed E-state index contributed by atoms with van der Waals surface area (Å²) in [6.45, 7) is 20.5. The Balaban J connectivity index is 1.57. The van der Waals surface area contributed by atoms with Gasteiger partial charge in [-0.2, -0.15) is 10.1 Å². The number of esters is 1. The number of ether oxygens (including phenoxy) is 2. The molecule has 2 aliphatic rings. The van der Waals surface area contributed by atoms with Crippen molar-refractivity contribution in [2.75, 3.05) is 13.7 Å². The SMILES string of the molecule is CCCCCCCCON1C(C)(C)CC(OC(O)CCCCCCCCC(=O)OC2CC(C)(C)N(OC)C(C)(C)C2)CC1(C)C. The lowest BCUT2D eigenvalue weighted by molar-refractivity contribution is -0.303. The van der Waals surface area contributed by atoms with Crippen molar-refractivity contribution in [3.63, 3.8) is 0 Å². The van der Waals surface area contributed by atoms with Gasteiger partial charge in [0.25, 0.3) is 0 Å². The van der Waals surface area contributed by atoms with E-state index in [1.165, 1.54) is 32.1 Å². The van der Waals surface area contributed by atoms with E-state index in [4.69, 9.17) is 19.1 Å². The molecule has 0 radical (unpaired) electrons. The number of hydrogen-bond acceptors (Lipinski definition) is 8. The number of nitrogens with zero attached hydrogens (tertiary/aromatic N) is 2. The summed E-state index contributed by atoms with van der Waals surface area (Å²) < 4.78 is 12.1. The number of aliphatic hydroxyl groups excluding tert-OH is 1. The number of hydrogen-bond donors (Lipinski definition) is 1. The van der Waals surface area contributed by atoms with E-state index in [1.54, 1.807) is 7.11 Å². The van der Waals surface area contributed by atoms with Crippen LogP contribution in [0, 0.1) is 0 Å². The van der Waals surface area contributed by atoms with Crippen LogP contribution in [0.4, 0.5) is 0 Å². The van der Waals surface area contributed by atoms with Gasteiger partial charge in [0, 0.05) is 41.4 Å². The maximum Gasteiger partial charge on any atom is 0.306 e. The monoisotopic (exact) mass is 641 g/mol. The van der Waals surface area contributed by atoms with Crippen LogP contribution in [0.15, 0.2) is 0 Å². The number of rotatable bonds is 21. The van der Waals surface area contributed by atoms with Crippen molar-refractivity contribution < 1.29 is 29.0 Å². The summed E-state index contributed by atoms with van der Waals surface area (Å²) in [5, 5.41) is 14.9. The van der Waals surface area contributed by atoms with Crippen molar-refractivity contribution in [1.29, 1.82) is 0 Å². The molecular weight excluding hydrogens is 568 g/mol. The Labute approximate surface area is 277 Å². The van der Waals surface area contributed by atoms with Crippen LogP contribution in [0.3, 0.4) is 0 Å². The summed E-state index contributed by atoms with van der Waals surface area (Å²) in [7, 11) is 1.71. The number of unbranched alkanes of at least 4 members (excludes halogenated alkanes) is 10. The predicted molar refractivity (Wildman–Crippen MR) is 182 cm³/mol. The number of aliphatic hydroxyl groups is 1. The van der Waals surface area contributed by atoms with Crippen molar-refractivity contribution >= 4 is 5.97 Å². The van der Waals surface area contributed by atoms with E-state index in [1.807, 2.05) is 5.06 Å². The number of carbonyl (C=O) groups excluding carboxylic acids is 1. The Morgan fingerprint density at radius 2 is 1.16 bits per heavy atom. The molecule has 0 spiro atoms. The van der Waals surface area contributed by atoms with Gasteiger partial charge in [-0.1, -0.05) is 64.7 Å². The molecule has 0 amide bonds. The smallest absolute Gasteiger partial charge is 0.306 e. The summed E-state index contributed by atoms with van der Waals surface area (Å²) >= 11 is 0. The molecule has 2 rings (SSSR count). The first kappa shape index (κ1) is 40.4. The quantitative estimate of drug-likeness (QED) is 0.0757. The second-order valence-corrected chi connectivity index (χ2v) is 16.4. The summed E-state index contributed by atoms with van der Waals surface area (Å²) in [6.07, 6.45) is 17.2. The van der Waals surface area contributed by atoms with E-state index in [-0.39, 0.29) is 40.3 Å². The van der Waals surface area contributed by atoms with Crippen LogP contribution in [0.2, 0.25) is 0 Å². The molecule has 8 heteroatoms.